The molecule has 33 heavy (non-hydrogen) atoms. The predicted molar refractivity (Wildman–Crippen MR) is 131 cm³/mol. The van der Waals surface area contributed by atoms with Gasteiger partial charge in [-0.1, -0.05) is 36.4 Å². The molecule has 0 fully saturated rings. The van der Waals surface area contributed by atoms with E-state index in [1.165, 1.54) is 23.9 Å². The van der Waals surface area contributed by atoms with Crippen molar-refractivity contribution in [3.05, 3.63) is 102 Å². The lowest BCUT2D eigenvalue weighted by Gasteiger charge is -2.09. The number of carbonyl (C=O) groups is 3. The van der Waals surface area contributed by atoms with Crippen LogP contribution in [0.1, 0.15) is 20.7 Å². The second-order valence-corrected chi connectivity index (χ2v) is 8.31. The first kappa shape index (κ1) is 22.1. The van der Waals surface area contributed by atoms with Crippen LogP contribution in [0, 0.1) is 0 Å². The van der Waals surface area contributed by atoms with E-state index in [9.17, 15) is 14.4 Å². The molecule has 0 bridgehead atoms. The monoisotopic (exact) mass is 456 g/mol. The SMILES string of the molecule is O=C(CSc1cccc(NC(=O)c2ccc3ccccc3c2)c1)Nc1ccc(C(=O)O)cc1. The summed E-state index contributed by atoms with van der Waals surface area (Å²) in [6, 6.07) is 26.7. The fourth-order valence-electron chi connectivity index (χ4n) is 3.24. The largest absolute Gasteiger partial charge is 0.478 e. The lowest BCUT2D eigenvalue weighted by Crippen LogP contribution is -2.14. The Bertz CT molecular complexity index is 1340. The first-order chi connectivity index (χ1) is 16.0. The molecule has 2 amide bonds. The minimum atomic E-state index is -1.02. The summed E-state index contributed by atoms with van der Waals surface area (Å²) in [5, 5.41) is 16.6. The second kappa shape index (κ2) is 10.0. The Morgan fingerprint density at radius 2 is 1.42 bits per heavy atom. The Kier molecular flexibility index (Phi) is 6.71. The zero-order valence-electron chi connectivity index (χ0n) is 17.4. The highest BCUT2D eigenvalue weighted by molar-refractivity contribution is 8.00. The van der Waals surface area contributed by atoms with E-state index in [0.717, 1.165) is 15.7 Å². The van der Waals surface area contributed by atoms with E-state index in [1.807, 2.05) is 54.6 Å². The number of carboxylic acids is 1. The number of carbonyl (C=O) groups excluding carboxylic acids is 2. The number of rotatable bonds is 7. The molecule has 4 rings (SSSR count). The van der Waals surface area contributed by atoms with Crippen LogP contribution in [0.2, 0.25) is 0 Å². The highest BCUT2D eigenvalue weighted by Crippen LogP contribution is 2.23. The van der Waals surface area contributed by atoms with Gasteiger partial charge in [-0.25, -0.2) is 4.79 Å². The molecule has 0 spiro atoms. The molecule has 164 valence electrons. The molecule has 4 aromatic rings. The summed E-state index contributed by atoms with van der Waals surface area (Å²) in [4.78, 5) is 36.7. The fourth-order valence-corrected chi connectivity index (χ4v) is 3.99. The summed E-state index contributed by atoms with van der Waals surface area (Å²) in [6.07, 6.45) is 0. The van der Waals surface area contributed by atoms with Gasteiger partial charge in [0.1, 0.15) is 0 Å². The molecule has 4 aromatic carbocycles. The normalized spacial score (nSPS) is 10.5. The molecule has 0 saturated heterocycles. The van der Waals surface area contributed by atoms with Crippen LogP contribution in [-0.4, -0.2) is 28.6 Å². The van der Waals surface area contributed by atoms with Gasteiger partial charge in [-0.3, -0.25) is 9.59 Å². The molecule has 0 aliphatic heterocycles. The minimum Gasteiger partial charge on any atom is -0.478 e. The van der Waals surface area contributed by atoms with E-state index < -0.39 is 5.97 Å². The number of hydrogen-bond donors (Lipinski definition) is 3. The quantitative estimate of drug-likeness (QED) is 0.318. The number of carboxylic acid groups (broad SMARTS) is 1. The van der Waals surface area contributed by atoms with Crippen molar-refractivity contribution in [2.24, 2.45) is 0 Å². The van der Waals surface area contributed by atoms with Crippen LogP contribution in [0.15, 0.2) is 95.9 Å². The minimum absolute atomic E-state index is 0.157. The number of nitrogens with one attached hydrogen (secondary N) is 2. The molecule has 0 aliphatic rings. The summed E-state index contributed by atoms with van der Waals surface area (Å²) in [7, 11) is 0. The number of fused-ring (bicyclic) bond motifs is 1. The molecule has 0 heterocycles. The van der Waals surface area contributed by atoms with Crippen molar-refractivity contribution in [3.8, 4) is 0 Å². The van der Waals surface area contributed by atoms with Crippen LogP contribution in [0.5, 0.6) is 0 Å². The summed E-state index contributed by atoms with van der Waals surface area (Å²) < 4.78 is 0. The van der Waals surface area contributed by atoms with Crippen LogP contribution in [0.25, 0.3) is 10.8 Å². The lowest BCUT2D eigenvalue weighted by atomic mass is 10.1. The van der Waals surface area contributed by atoms with Gasteiger partial charge in [0, 0.05) is 21.8 Å². The van der Waals surface area contributed by atoms with Crippen LogP contribution >= 0.6 is 11.8 Å². The summed E-state index contributed by atoms with van der Waals surface area (Å²) >= 11 is 1.34. The van der Waals surface area contributed by atoms with Crippen molar-refractivity contribution in [1.82, 2.24) is 0 Å². The van der Waals surface area contributed by atoms with Gasteiger partial charge in [0.25, 0.3) is 5.91 Å². The van der Waals surface area contributed by atoms with Gasteiger partial charge < -0.3 is 15.7 Å². The van der Waals surface area contributed by atoms with E-state index >= 15 is 0 Å². The van der Waals surface area contributed by atoms with Gasteiger partial charge in [-0.2, -0.15) is 0 Å². The standard InChI is InChI=1S/C26H20N2O4S/c29-24(27-21-12-10-18(11-13-21)26(31)32)16-33-23-7-3-6-22(15-23)28-25(30)20-9-8-17-4-1-2-5-19(17)14-20/h1-15H,16H2,(H,27,29)(H,28,30)(H,31,32). The Balaban J connectivity index is 1.34. The third-order valence-corrected chi connectivity index (χ3v) is 5.88. The average Bonchev–Trinajstić information content (AvgIpc) is 2.83. The van der Waals surface area contributed by atoms with Crippen LogP contribution in [-0.2, 0) is 4.79 Å². The first-order valence-electron chi connectivity index (χ1n) is 10.1. The number of aromatic carboxylic acids is 1. The maximum Gasteiger partial charge on any atom is 0.335 e. The van der Waals surface area contributed by atoms with Gasteiger partial charge in [0.15, 0.2) is 0 Å². The Labute approximate surface area is 194 Å². The average molecular weight is 457 g/mol. The zero-order valence-corrected chi connectivity index (χ0v) is 18.3. The Morgan fingerprint density at radius 3 is 2.18 bits per heavy atom. The van der Waals surface area contributed by atoms with Gasteiger partial charge in [0.2, 0.25) is 5.91 Å². The summed E-state index contributed by atoms with van der Waals surface area (Å²) in [6.45, 7) is 0. The molecule has 6 nitrogen and oxygen atoms in total. The maximum atomic E-state index is 12.7. The van der Waals surface area contributed by atoms with E-state index in [2.05, 4.69) is 10.6 Å². The van der Waals surface area contributed by atoms with E-state index in [1.54, 1.807) is 24.3 Å². The van der Waals surface area contributed by atoms with Crippen molar-refractivity contribution in [1.29, 1.82) is 0 Å². The molecule has 0 aliphatic carbocycles. The number of anilines is 2. The third-order valence-electron chi connectivity index (χ3n) is 4.89. The van der Waals surface area contributed by atoms with Crippen molar-refractivity contribution in [2.75, 3.05) is 16.4 Å². The topological polar surface area (TPSA) is 95.5 Å². The lowest BCUT2D eigenvalue weighted by molar-refractivity contribution is -0.113. The zero-order chi connectivity index (χ0) is 23.2. The first-order valence-corrected chi connectivity index (χ1v) is 11.1. The Hall–Kier alpha value is -4.10. The molecule has 0 atom stereocenters. The van der Waals surface area contributed by atoms with Crippen molar-refractivity contribution >= 4 is 51.7 Å². The number of amides is 2. The molecular formula is C26H20N2O4S. The van der Waals surface area contributed by atoms with Crippen molar-refractivity contribution in [2.45, 2.75) is 4.90 Å². The Morgan fingerprint density at radius 1 is 0.697 bits per heavy atom. The molecule has 7 heteroatoms. The molecule has 0 unspecified atom stereocenters. The summed E-state index contributed by atoms with van der Waals surface area (Å²) in [5.74, 6) is -1.27. The highest BCUT2D eigenvalue weighted by atomic mass is 32.2. The molecule has 3 N–H and O–H groups in total. The van der Waals surface area contributed by atoms with Crippen LogP contribution in [0.3, 0.4) is 0 Å². The third kappa shape index (κ3) is 5.78. The van der Waals surface area contributed by atoms with Gasteiger partial charge >= 0.3 is 5.97 Å². The smallest absolute Gasteiger partial charge is 0.335 e. The van der Waals surface area contributed by atoms with Crippen molar-refractivity contribution < 1.29 is 19.5 Å². The molecule has 0 saturated carbocycles. The van der Waals surface area contributed by atoms with Crippen molar-refractivity contribution in [3.63, 3.8) is 0 Å². The van der Waals surface area contributed by atoms with Gasteiger partial charge in [-0.05, 0) is 65.4 Å². The molecule has 0 radical (unpaired) electrons. The van der Waals surface area contributed by atoms with E-state index in [-0.39, 0.29) is 23.1 Å². The summed E-state index contributed by atoms with van der Waals surface area (Å²) in [5.41, 5.74) is 1.90. The number of benzene rings is 4. The highest BCUT2D eigenvalue weighted by Gasteiger charge is 2.09. The molecular weight excluding hydrogens is 436 g/mol. The van der Waals surface area contributed by atoms with Crippen LogP contribution in [0.4, 0.5) is 11.4 Å². The number of thioether (sulfide) groups is 1. The molecule has 0 aromatic heterocycles. The maximum absolute atomic E-state index is 12.7. The van der Waals surface area contributed by atoms with Gasteiger partial charge in [0.05, 0.1) is 11.3 Å². The van der Waals surface area contributed by atoms with Crippen LogP contribution < -0.4 is 10.6 Å². The van der Waals surface area contributed by atoms with E-state index in [0.29, 0.717) is 16.9 Å². The number of hydrogen-bond acceptors (Lipinski definition) is 4. The second-order valence-electron chi connectivity index (χ2n) is 7.26. The van der Waals surface area contributed by atoms with E-state index in [4.69, 9.17) is 5.11 Å². The predicted octanol–water partition coefficient (Wildman–Crippen LogP) is 5.52. The van der Waals surface area contributed by atoms with Gasteiger partial charge in [-0.15, -0.1) is 11.8 Å². The fraction of sp³-hybridized carbons (Fsp3) is 0.0385.